The molecule has 3 aromatic rings. The molecule has 0 radical (unpaired) electrons. The first-order valence-electron chi connectivity index (χ1n) is 7.96. The van der Waals surface area contributed by atoms with Gasteiger partial charge in [0.15, 0.2) is 0 Å². The summed E-state index contributed by atoms with van der Waals surface area (Å²) in [6, 6.07) is 12.4. The lowest BCUT2D eigenvalue weighted by molar-refractivity contribution is 0.249. The number of para-hydroxylation sites is 1. The molecule has 0 aliphatic carbocycles. The van der Waals surface area contributed by atoms with E-state index in [0.29, 0.717) is 0 Å². The Morgan fingerprint density at radius 2 is 1.65 bits per heavy atom. The van der Waals surface area contributed by atoms with Crippen LogP contribution in [0.25, 0.3) is 10.9 Å². The summed E-state index contributed by atoms with van der Waals surface area (Å²) in [5.74, 6) is 1.05. The molecule has 1 aliphatic rings. The van der Waals surface area contributed by atoms with Crippen LogP contribution in [0.3, 0.4) is 0 Å². The van der Waals surface area contributed by atoms with E-state index in [1.165, 1.54) is 5.56 Å². The number of hydrogen-bond donors (Lipinski definition) is 0. The molecule has 2 aromatic heterocycles. The summed E-state index contributed by atoms with van der Waals surface area (Å²) in [6.45, 7) is 5.06. The average Bonchev–Trinajstić information content (AvgIpc) is 2.63. The molecule has 1 fully saturated rings. The fourth-order valence-corrected chi connectivity index (χ4v) is 3.11. The molecule has 4 rings (SSSR count). The van der Waals surface area contributed by atoms with Crippen LogP contribution in [-0.4, -0.2) is 46.0 Å². The molecule has 23 heavy (non-hydrogen) atoms. The van der Waals surface area contributed by atoms with Crippen molar-refractivity contribution in [3.8, 4) is 0 Å². The number of pyridine rings is 1. The third-order valence-electron chi connectivity index (χ3n) is 4.35. The summed E-state index contributed by atoms with van der Waals surface area (Å²) >= 11 is 0. The molecule has 5 heteroatoms. The molecule has 1 saturated heterocycles. The highest BCUT2D eigenvalue weighted by molar-refractivity contribution is 5.89. The van der Waals surface area contributed by atoms with E-state index in [1.807, 2.05) is 24.5 Å². The fraction of sp³-hybridized carbons (Fsp3) is 0.278. The zero-order chi connectivity index (χ0) is 15.5. The number of nitrogens with zero attached hydrogens (tertiary/aromatic N) is 5. The molecule has 0 saturated carbocycles. The first-order chi connectivity index (χ1) is 11.4. The molecule has 3 heterocycles. The van der Waals surface area contributed by atoms with E-state index < -0.39 is 0 Å². The van der Waals surface area contributed by atoms with Gasteiger partial charge in [0.05, 0.1) is 5.52 Å². The van der Waals surface area contributed by atoms with Crippen molar-refractivity contribution in [2.24, 2.45) is 0 Å². The number of hydrogen-bond acceptors (Lipinski definition) is 5. The molecule has 5 nitrogen and oxygen atoms in total. The maximum Gasteiger partial charge on any atom is 0.139 e. The van der Waals surface area contributed by atoms with E-state index in [9.17, 15) is 0 Å². The van der Waals surface area contributed by atoms with E-state index in [0.717, 1.165) is 49.4 Å². The summed E-state index contributed by atoms with van der Waals surface area (Å²) in [5.41, 5.74) is 2.33. The number of fused-ring (bicyclic) bond motifs is 1. The van der Waals surface area contributed by atoms with Gasteiger partial charge in [0.1, 0.15) is 12.1 Å². The minimum absolute atomic E-state index is 0.987. The monoisotopic (exact) mass is 305 g/mol. The van der Waals surface area contributed by atoms with Crippen molar-refractivity contribution >= 4 is 16.7 Å². The van der Waals surface area contributed by atoms with E-state index >= 15 is 0 Å². The van der Waals surface area contributed by atoms with Crippen molar-refractivity contribution in [3.63, 3.8) is 0 Å². The Morgan fingerprint density at radius 3 is 2.48 bits per heavy atom. The Hall–Kier alpha value is -2.53. The second kappa shape index (κ2) is 6.30. The smallest absolute Gasteiger partial charge is 0.139 e. The van der Waals surface area contributed by atoms with Crippen molar-refractivity contribution < 1.29 is 0 Å². The SMILES string of the molecule is c1ccc2c(N3CCN(Cc4ccncc4)CC3)ncnc2c1. The Bertz CT molecular complexity index is 776. The number of benzene rings is 1. The van der Waals surface area contributed by atoms with Crippen LogP contribution in [0.5, 0.6) is 0 Å². The highest BCUT2D eigenvalue weighted by atomic mass is 15.3. The van der Waals surface area contributed by atoms with E-state index in [-0.39, 0.29) is 0 Å². The lowest BCUT2D eigenvalue weighted by Gasteiger charge is -2.35. The van der Waals surface area contributed by atoms with Crippen molar-refractivity contribution in [1.29, 1.82) is 0 Å². The van der Waals surface area contributed by atoms with Crippen LogP contribution >= 0.6 is 0 Å². The molecular formula is C18H19N5. The van der Waals surface area contributed by atoms with Gasteiger partial charge in [-0.1, -0.05) is 12.1 Å². The van der Waals surface area contributed by atoms with Crippen LogP contribution in [0, 0.1) is 0 Å². The second-order valence-electron chi connectivity index (χ2n) is 5.83. The zero-order valence-electron chi connectivity index (χ0n) is 13.0. The lowest BCUT2D eigenvalue weighted by Crippen LogP contribution is -2.46. The second-order valence-corrected chi connectivity index (χ2v) is 5.83. The minimum Gasteiger partial charge on any atom is -0.353 e. The maximum absolute atomic E-state index is 4.53. The topological polar surface area (TPSA) is 45.2 Å². The third kappa shape index (κ3) is 3.00. The summed E-state index contributed by atoms with van der Waals surface area (Å²) in [5, 5.41) is 1.14. The van der Waals surface area contributed by atoms with Crippen LogP contribution in [0.15, 0.2) is 55.1 Å². The summed E-state index contributed by atoms with van der Waals surface area (Å²) < 4.78 is 0. The quantitative estimate of drug-likeness (QED) is 0.743. The molecule has 0 amide bonds. The normalized spacial score (nSPS) is 15.9. The largest absolute Gasteiger partial charge is 0.353 e. The van der Waals surface area contributed by atoms with Gasteiger partial charge >= 0.3 is 0 Å². The summed E-state index contributed by atoms with van der Waals surface area (Å²) in [6.07, 6.45) is 5.39. The predicted molar refractivity (Wildman–Crippen MR) is 91.3 cm³/mol. The maximum atomic E-state index is 4.53. The van der Waals surface area contributed by atoms with Crippen LogP contribution in [0.2, 0.25) is 0 Å². The van der Waals surface area contributed by atoms with Crippen LogP contribution in [0.4, 0.5) is 5.82 Å². The highest BCUT2D eigenvalue weighted by Crippen LogP contribution is 2.23. The van der Waals surface area contributed by atoms with Crippen LogP contribution < -0.4 is 4.90 Å². The summed E-state index contributed by atoms with van der Waals surface area (Å²) in [7, 11) is 0. The van der Waals surface area contributed by atoms with Crippen LogP contribution in [-0.2, 0) is 6.54 Å². The molecular weight excluding hydrogens is 286 g/mol. The van der Waals surface area contributed by atoms with Gasteiger partial charge in [0.25, 0.3) is 0 Å². The predicted octanol–water partition coefficient (Wildman–Crippen LogP) is 2.35. The fourth-order valence-electron chi connectivity index (χ4n) is 3.11. The standard InChI is InChI=1S/C18H19N5/c1-2-4-17-16(3-1)18(21-14-20-17)23-11-9-22(10-12-23)13-15-5-7-19-8-6-15/h1-8,14H,9-13H2. The first kappa shape index (κ1) is 14.1. The molecule has 0 spiro atoms. The first-order valence-corrected chi connectivity index (χ1v) is 7.96. The zero-order valence-corrected chi connectivity index (χ0v) is 13.0. The Kier molecular flexibility index (Phi) is 3.86. The highest BCUT2D eigenvalue weighted by Gasteiger charge is 2.19. The van der Waals surface area contributed by atoms with Gasteiger partial charge in [0, 0.05) is 50.5 Å². The van der Waals surface area contributed by atoms with Crippen molar-refractivity contribution in [2.45, 2.75) is 6.54 Å². The Labute approximate surface area is 135 Å². The average molecular weight is 305 g/mol. The van der Waals surface area contributed by atoms with Gasteiger partial charge in [-0.3, -0.25) is 9.88 Å². The van der Waals surface area contributed by atoms with Crippen LogP contribution in [0.1, 0.15) is 5.56 Å². The van der Waals surface area contributed by atoms with Gasteiger partial charge in [0.2, 0.25) is 0 Å². The molecule has 116 valence electrons. The lowest BCUT2D eigenvalue weighted by atomic mass is 10.2. The Balaban J connectivity index is 1.47. The van der Waals surface area contributed by atoms with Crippen molar-refractivity contribution in [2.75, 3.05) is 31.1 Å². The molecule has 0 N–H and O–H groups in total. The molecule has 1 aliphatic heterocycles. The molecule has 0 atom stereocenters. The number of piperazine rings is 1. The van der Waals surface area contributed by atoms with E-state index in [1.54, 1.807) is 6.33 Å². The number of rotatable bonds is 3. The van der Waals surface area contributed by atoms with Gasteiger partial charge in [-0.25, -0.2) is 9.97 Å². The molecule has 0 unspecified atom stereocenters. The Morgan fingerprint density at radius 1 is 0.870 bits per heavy atom. The van der Waals surface area contributed by atoms with Crippen molar-refractivity contribution in [1.82, 2.24) is 19.9 Å². The van der Waals surface area contributed by atoms with E-state index in [4.69, 9.17) is 0 Å². The third-order valence-corrected chi connectivity index (χ3v) is 4.35. The molecule has 1 aromatic carbocycles. The number of anilines is 1. The van der Waals surface area contributed by atoms with Gasteiger partial charge < -0.3 is 4.90 Å². The molecule has 0 bridgehead atoms. The van der Waals surface area contributed by atoms with Gasteiger partial charge in [-0.05, 0) is 29.8 Å². The summed E-state index contributed by atoms with van der Waals surface area (Å²) in [4.78, 5) is 17.8. The van der Waals surface area contributed by atoms with E-state index in [2.05, 4.69) is 49.0 Å². The minimum atomic E-state index is 0.987. The number of aromatic nitrogens is 3. The van der Waals surface area contributed by atoms with Gasteiger partial charge in [-0.2, -0.15) is 0 Å². The van der Waals surface area contributed by atoms with Gasteiger partial charge in [-0.15, -0.1) is 0 Å². The van der Waals surface area contributed by atoms with Crippen molar-refractivity contribution in [3.05, 3.63) is 60.7 Å².